The molecule has 1 N–H and O–H groups in total. The summed E-state index contributed by atoms with van der Waals surface area (Å²) < 4.78 is 18.2. The first-order valence-electron chi connectivity index (χ1n) is 6.00. The number of esters is 1. The van der Waals surface area contributed by atoms with E-state index in [9.17, 15) is 14.0 Å². The van der Waals surface area contributed by atoms with Crippen molar-refractivity contribution in [2.75, 3.05) is 11.9 Å². The average Bonchev–Trinajstić information content (AvgIpc) is 2.47. The second-order valence-corrected chi connectivity index (χ2v) is 4.88. The van der Waals surface area contributed by atoms with Gasteiger partial charge in [0.2, 0.25) is 0 Å². The topological polar surface area (TPSA) is 68.3 Å². The normalized spacial score (nSPS) is 10.1. The fraction of sp³-hybridized carbons (Fsp3) is 0.0714. The zero-order valence-electron chi connectivity index (χ0n) is 11.0. The maximum atomic E-state index is 13.5. The molecule has 0 saturated heterocycles. The summed E-state index contributed by atoms with van der Waals surface area (Å²) >= 11 is 11.3. The number of amides is 1. The summed E-state index contributed by atoms with van der Waals surface area (Å²) in [5.74, 6) is -2.42. The largest absolute Gasteiger partial charge is 0.452 e. The number of nitrogens with one attached hydrogen (secondary N) is 1. The van der Waals surface area contributed by atoms with Crippen molar-refractivity contribution in [1.82, 2.24) is 4.98 Å². The zero-order valence-corrected chi connectivity index (χ0v) is 12.5. The Labute approximate surface area is 135 Å². The number of pyridine rings is 1. The predicted molar refractivity (Wildman–Crippen MR) is 79.6 cm³/mol. The van der Waals surface area contributed by atoms with Gasteiger partial charge in [0.05, 0.1) is 11.3 Å². The van der Waals surface area contributed by atoms with E-state index in [2.05, 4.69) is 10.3 Å². The first-order chi connectivity index (χ1) is 10.5. The second kappa shape index (κ2) is 7.20. The van der Waals surface area contributed by atoms with Crippen molar-refractivity contribution >= 4 is 40.8 Å². The molecule has 0 aliphatic rings. The van der Waals surface area contributed by atoms with Gasteiger partial charge in [0.25, 0.3) is 5.91 Å². The lowest BCUT2D eigenvalue weighted by Gasteiger charge is -2.08. The molecule has 1 aromatic heterocycles. The quantitative estimate of drug-likeness (QED) is 0.683. The van der Waals surface area contributed by atoms with E-state index in [0.29, 0.717) is 0 Å². The fourth-order valence-electron chi connectivity index (χ4n) is 1.53. The van der Waals surface area contributed by atoms with E-state index < -0.39 is 24.3 Å². The molecular formula is C14H9Cl2FN2O3. The molecule has 0 fully saturated rings. The number of benzene rings is 1. The first-order valence-corrected chi connectivity index (χ1v) is 6.75. The molecule has 0 radical (unpaired) electrons. The molecule has 0 aliphatic heterocycles. The summed E-state index contributed by atoms with van der Waals surface area (Å²) in [5.41, 5.74) is -0.0282. The molecule has 8 heteroatoms. The standard InChI is InChI=1S/C14H9Cl2FN2O3/c15-8-3-4-9(10(17)6-8)14(21)22-7-12(20)19-11-2-1-5-18-13(11)16/h1-6H,7H2,(H,19,20). The molecule has 0 saturated carbocycles. The van der Waals surface area contributed by atoms with Crippen LogP contribution in [-0.2, 0) is 9.53 Å². The van der Waals surface area contributed by atoms with E-state index in [1.54, 1.807) is 6.07 Å². The molecule has 0 unspecified atom stereocenters. The van der Waals surface area contributed by atoms with Crippen molar-refractivity contribution < 1.29 is 18.7 Å². The Morgan fingerprint density at radius 3 is 2.73 bits per heavy atom. The number of hydrogen-bond acceptors (Lipinski definition) is 4. The third-order valence-electron chi connectivity index (χ3n) is 2.52. The summed E-state index contributed by atoms with van der Waals surface area (Å²) in [5, 5.41) is 2.67. The van der Waals surface area contributed by atoms with Gasteiger partial charge in [-0.05, 0) is 30.3 Å². The number of carbonyl (C=O) groups is 2. The lowest BCUT2D eigenvalue weighted by Crippen LogP contribution is -2.21. The molecule has 1 aromatic carbocycles. The Morgan fingerprint density at radius 2 is 2.05 bits per heavy atom. The van der Waals surface area contributed by atoms with Gasteiger partial charge in [-0.25, -0.2) is 14.2 Å². The van der Waals surface area contributed by atoms with Crippen LogP contribution < -0.4 is 5.32 Å². The van der Waals surface area contributed by atoms with Crippen LogP contribution in [0, 0.1) is 5.82 Å². The SMILES string of the molecule is O=C(COC(=O)c1ccc(Cl)cc1F)Nc1cccnc1Cl. The van der Waals surface area contributed by atoms with Crippen LogP contribution in [0.15, 0.2) is 36.5 Å². The van der Waals surface area contributed by atoms with Crippen molar-refractivity contribution in [3.63, 3.8) is 0 Å². The van der Waals surface area contributed by atoms with E-state index in [-0.39, 0.29) is 21.4 Å². The minimum Gasteiger partial charge on any atom is -0.452 e. The van der Waals surface area contributed by atoms with Crippen molar-refractivity contribution in [2.24, 2.45) is 0 Å². The molecule has 114 valence electrons. The van der Waals surface area contributed by atoms with Gasteiger partial charge in [0.15, 0.2) is 11.8 Å². The molecule has 2 aromatic rings. The van der Waals surface area contributed by atoms with E-state index in [4.69, 9.17) is 27.9 Å². The molecule has 5 nitrogen and oxygen atoms in total. The number of aromatic nitrogens is 1. The average molecular weight is 343 g/mol. The molecule has 1 heterocycles. The maximum Gasteiger partial charge on any atom is 0.341 e. The van der Waals surface area contributed by atoms with Gasteiger partial charge in [-0.3, -0.25) is 4.79 Å². The van der Waals surface area contributed by atoms with E-state index in [1.807, 2.05) is 0 Å². The van der Waals surface area contributed by atoms with Gasteiger partial charge >= 0.3 is 5.97 Å². The monoisotopic (exact) mass is 342 g/mol. The summed E-state index contributed by atoms with van der Waals surface area (Å²) in [4.78, 5) is 27.1. The van der Waals surface area contributed by atoms with Crippen LogP contribution in [0.4, 0.5) is 10.1 Å². The third kappa shape index (κ3) is 4.16. The number of nitrogens with zero attached hydrogens (tertiary/aromatic N) is 1. The van der Waals surface area contributed by atoms with Crippen molar-refractivity contribution in [1.29, 1.82) is 0 Å². The highest BCUT2D eigenvalue weighted by atomic mass is 35.5. The number of anilines is 1. The van der Waals surface area contributed by atoms with Crippen LogP contribution in [0.1, 0.15) is 10.4 Å². The van der Waals surface area contributed by atoms with Crippen molar-refractivity contribution in [2.45, 2.75) is 0 Å². The number of hydrogen-bond donors (Lipinski definition) is 1. The summed E-state index contributed by atoms with van der Waals surface area (Å²) in [6.07, 6.45) is 1.46. The molecule has 1 amide bonds. The van der Waals surface area contributed by atoms with E-state index in [0.717, 1.165) is 6.07 Å². The smallest absolute Gasteiger partial charge is 0.341 e. The van der Waals surface area contributed by atoms with Gasteiger partial charge in [-0.1, -0.05) is 23.2 Å². The zero-order chi connectivity index (χ0) is 16.1. The van der Waals surface area contributed by atoms with Crippen molar-refractivity contribution in [3.8, 4) is 0 Å². The van der Waals surface area contributed by atoms with Crippen LogP contribution in [0.25, 0.3) is 0 Å². The molecule has 0 spiro atoms. The Bertz CT molecular complexity index is 725. The summed E-state index contributed by atoms with van der Waals surface area (Å²) in [6.45, 7) is -0.591. The minimum atomic E-state index is -0.971. The number of carbonyl (C=O) groups excluding carboxylic acids is 2. The Balaban J connectivity index is 1.93. The number of ether oxygens (including phenoxy) is 1. The molecule has 0 bridgehead atoms. The van der Waals surface area contributed by atoms with Crippen LogP contribution in [0.2, 0.25) is 10.2 Å². The molecule has 0 aliphatic carbocycles. The van der Waals surface area contributed by atoms with Gasteiger partial charge in [-0.2, -0.15) is 0 Å². The molecule has 2 rings (SSSR count). The maximum absolute atomic E-state index is 13.5. The summed E-state index contributed by atoms with van der Waals surface area (Å²) in [6, 6.07) is 6.62. The second-order valence-electron chi connectivity index (χ2n) is 4.09. The predicted octanol–water partition coefficient (Wildman–Crippen LogP) is 3.32. The molecule has 22 heavy (non-hydrogen) atoms. The Morgan fingerprint density at radius 1 is 1.27 bits per heavy atom. The van der Waals surface area contributed by atoms with Gasteiger partial charge < -0.3 is 10.1 Å². The highest BCUT2D eigenvalue weighted by Gasteiger charge is 2.15. The lowest BCUT2D eigenvalue weighted by atomic mass is 10.2. The Kier molecular flexibility index (Phi) is 5.30. The van der Waals surface area contributed by atoms with Crippen LogP contribution in [0.5, 0.6) is 0 Å². The first kappa shape index (κ1) is 16.2. The fourth-order valence-corrected chi connectivity index (χ4v) is 1.85. The molecular weight excluding hydrogens is 334 g/mol. The summed E-state index contributed by atoms with van der Waals surface area (Å²) in [7, 11) is 0. The highest BCUT2D eigenvalue weighted by molar-refractivity contribution is 6.32. The van der Waals surface area contributed by atoms with Gasteiger partial charge in [0.1, 0.15) is 5.82 Å². The van der Waals surface area contributed by atoms with Crippen LogP contribution in [0.3, 0.4) is 0 Å². The van der Waals surface area contributed by atoms with E-state index >= 15 is 0 Å². The van der Waals surface area contributed by atoms with Gasteiger partial charge in [-0.15, -0.1) is 0 Å². The van der Waals surface area contributed by atoms with Crippen LogP contribution in [-0.4, -0.2) is 23.5 Å². The third-order valence-corrected chi connectivity index (χ3v) is 3.05. The van der Waals surface area contributed by atoms with E-state index in [1.165, 1.54) is 24.4 Å². The van der Waals surface area contributed by atoms with Gasteiger partial charge in [0, 0.05) is 11.2 Å². The van der Waals surface area contributed by atoms with Crippen LogP contribution >= 0.6 is 23.2 Å². The van der Waals surface area contributed by atoms with Crippen molar-refractivity contribution in [3.05, 3.63) is 58.1 Å². The lowest BCUT2D eigenvalue weighted by molar-refractivity contribution is -0.119. The highest BCUT2D eigenvalue weighted by Crippen LogP contribution is 2.18. The number of halogens is 3. The molecule has 0 atom stereocenters. The number of rotatable bonds is 4. The minimum absolute atomic E-state index is 0.103. The Hall–Kier alpha value is -2.18.